The molecule has 360 valence electrons. The summed E-state index contributed by atoms with van der Waals surface area (Å²) in [5, 5.41) is 9.62. The van der Waals surface area contributed by atoms with Crippen LogP contribution in [0.25, 0.3) is 0 Å². The lowest BCUT2D eigenvalue weighted by molar-refractivity contribution is -0.161. The normalized spacial score (nSPS) is 13.0. The molecular weight excluding hydrogens is 777 g/mol. The fourth-order valence-corrected chi connectivity index (χ4v) is 7.18. The molecule has 1 N–H and O–H groups in total. The lowest BCUT2D eigenvalue weighted by Crippen LogP contribution is -2.28. The van der Waals surface area contributed by atoms with Crippen LogP contribution >= 0.6 is 0 Å². The number of carbonyl (C=O) groups excluding carboxylic acids is 2. The van der Waals surface area contributed by atoms with Crippen LogP contribution in [0.1, 0.15) is 239 Å². The molecule has 0 radical (unpaired) electrons. The molecule has 0 aromatic carbocycles. The largest absolute Gasteiger partial charge is 0.462 e. The summed E-state index contributed by atoms with van der Waals surface area (Å²) < 4.78 is 10.7. The summed E-state index contributed by atoms with van der Waals surface area (Å²) >= 11 is 0. The molecule has 5 nitrogen and oxygen atoms in total. The number of rotatable bonds is 47. The van der Waals surface area contributed by atoms with Gasteiger partial charge in [-0.2, -0.15) is 0 Å². The summed E-state index contributed by atoms with van der Waals surface area (Å²) in [6.07, 6.45) is 75.0. The Bertz CT molecular complexity index is 1220. The Labute approximate surface area is 389 Å². The summed E-state index contributed by atoms with van der Waals surface area (Å²) in [5.41, 5.74) is 0. The Hall–Kier alpha value is -3.18. The quantitative estimate of drug-likeness (QED) is 0.0375. The molecule has 0 aromatic heterocycles. The van der Waals surface area contributed by atoms with E-state index in [0.29, 0.717) is 12.8 Å². The number of carbonyl (C=O) groups is 2. The van der Waals surface area contributed by atoms with Gasteiger partial charge in [0.15, 0.2) is 6.10 Å². The Balaban J connectivity index is 3.55. The molecule has 0 heterocycles. The number of allylic oxidation sites excluding steroid dienone is 16. The first kappa shape index (κ1) is 59.8. The van der Waals surface area contributed by atoms with Gasteiger partial charge in [0.05, 0.1) is 6.61 Å². The maximum atomic E-state index is 12.3. The van der Waals surface area contributed by atoms with Crippen molar-refractivity contribution in [3.05, 3.63) is 97.2 Å². The number of hydrogen-bond acceptors (Lipinski definition) is 5. The third-order valence-corrected chi connectivity index (χ3v) is 11.1. The van der Waals surface area contributed by atoms with Crippen LogP contribution < -0.4 is 0 Å². The number of hydrogen-bond donors (Lipinski definition) is 1. The molecule has 1 unspecified atom stereocenters. The van der Waals surface area contributed by atoms with E-state index in [4.69, 9.17) is 9.47 Å². The average Bonchev–Trinajstić information content (AvgIpc) is 3.29. The lowest BCUT2D eigenvalue weighted by Gasteiger charge is -2.15. The van der Waals surface area contributed by atoms with Gasteiger partial charge in [0.25, 0.3) is 0 Å². The molecule has 0 aromatic rings. The number of esters is 2. The van der Waals surface area contributed by atoms with Gasteiger partial charge in [0.1, 0.15) is 6.61 Å². The standard InChI is InChI=1S/C58H98O5/c1-3-5-7-9-11-13-15-17-19-21-22-23-24-25-26-27-28-29-30-31-32-33-34-35-36-37-39-41-43-45-47-49-51-53-58(61)63-56(54-59)55-62-57(60)52-50-48-46-44-42-40-38-20-18-16-14-12-10-8-6-4-2/h5,7,11,13,17,19-20,22-23,25-26,28-29,31-32,38,56,59H,3-4,6,8-10,12,14-16,18,21,24,27,30,33-37,39-55H2,1-2H3/b7-5-,13-11-,19-17-,23-22-,26-25-,29-28-,32-31-,38-20-. The minimum absolute atomic E-state index is 0.0744. The van der Waals surface area contributed by atoms with E-state index < -0.39 is 6.10 Å². The van der Waals surface area contributed by atoms with E-state index in [2.05, 4.69) is 111 Å². The molecule has 0 spiro atoms. The van der Waals surface area contributed by atoms with Crippen LogP contribution in [0.2, 0.25) is 0 Å². The molecule has 0 fully saturated rings. The highest BCUT2D eigenvalue weighted by Crippen LogP contribution is 2.14. The first-order chi connectivity index (χ1) is 31.1. The average molecular weight is 875 g/mol. The molecule has 0 aliphatic heterocycles. The first-order valence-corrected chi connectivity index (χ1v) is 26.3. The zero-order valence-corrected chi connectivity index (χ0v) is 41.1. The van der Waals surface area contributed by atoms with Crippen LogP contribution in [-0.2, 0) is 19.1 Å². The molecule has 0 saturated heterocycles. The van der Waals surface area contributed by atoms with Crippen LogP contribution in [0, 0.1) is 0 Å². The van der Waals surface area contributed by atoms with E-state index in [0.717, 1.165) is 89.9 Å². The topological polar surface area (TPSA) is 72.8 Å². The van der Waals surface area contributed by atoms with Crippen molar-refractivity contribution in [1.29, 1.82) is 0 Å². The van der Waals surface area contributed by atoms with E-state index >= 15 is 0 Å². The summed E-state index contributed by atoms with van der Waals surface area (Å²) in [4.78, 5) is 24.4. The van der Waals surface area contributed by atoms with Crippen LogP contribution in [0.3, 0.4) is 0 Å². The maximum absolute atomic E-state index is 12.3. The highest BCUT2D eigenvalue weighted by molar-refractivity contribution is 5.70. The van der Waals surface area contributed by atoms with Gasteiger partial charge >= 0.3 is 11.9 Å². The second-order valence-electron chi connectivity index (χ2n) is 17.2. The van der Waals surface area contributed by atoms with Gasteiger partial charge in [-0.3, -0.25) is 9.59 Å². The Morgan fingerprint density at radius 3 is 1.05 bits per heavy atom. The maximum Gasteiger partial charge on any atom is 0.306 e. The van der Waals surface area contributed by atoms with Crippen molar-refractivity contribution >= 4 is 11.9 Å². The molecule has 63 heavy (non-hydrogen) atoms. The van der Waals surface area contributed by atoms with Gasteiger partial charge < -0.3 is 14.6 Å². The third-order valence-electron chi connectivity index (χ3n) is 11.1. The van der Waals surface area contributed by atoms with Crippen molar-refractivity contribution in [3.8, 4) is 0 Å². The van der Waals surface area contributed by atoms with Gasteiger partial charge in [-0.25, -0.2) is 0 Å². The van der Waals surface area contributed by atoms with Crippen molar-refractivity contribution in [1.82, 2.24) is 0 Å². The molecule has 5 heteroatoms. The van der Waals surface area contributed by atoms with Crippen LogP contribution in [0.5, 0.6) is 0 Å². The minimum Gasteiger partial charge on any atom is -0.462 e. The van der Waals surface area contributed by atoms with E-state index in [-0.39, 0.29) is 25.2 Å². The molecule has 0 rings (SSSR count). The number of aliphatic hydroxyl groups is 1. The number of ether oxygens (including phenoxy) is 2. The third kappa shape index (κ3) is 51.3. The second-order valence-corrected chi connectivity index (χ2v) is 17.2. The minimum atomic E-state index is -0.782. The van der Waals surface area contributed by atoms with Crippen LogP contribution in [0.15, 0.2) is 97.2 Å². The van der Waals surface area contributed by atoms with E-state index in [1.807, 2.05) is 0 Å². The summed E-state index contributed by atoms with van der Waals surface area (Å²) in [7, 11) is 0. The van der Waals surface area contributed by atoms with Crippen molar-refractivity contribution in [3.63, 3.8) is 0 Å². The van der Waals surface area contributed by atoms with Crippen LogP contribution in [-0.4, -0.2) is 36.4 Å². The smallest absolute Gasteiger partial charge is 0.306 e. The van der Waals surface area contributed by atoms with Gasteiger partial charge in [-0.1, -0.05) is 227 Å². The predicted octanol–water partition coefficient (Wildman–Crippen LogP) is 17.6. The van der Waals surface area contributed by atoms with Crippen molar-refractivity contribution in [2.24, 2.45) is 0 Å². The molecule has 0 amide bonds. The summed E-state index contributed by atoms with van der Waals surface area (Å²) in [6, 6.07) is 0. The second kappa shape index (κ2) is 53.2. The summed E-state index contributed by atoms with van der Waals surface area (Å²) in [5.74, 6) is -0.604. The van der Waals surface area contributed by atoms with Crippen molar-refractivity contribution in [2.75, 3.05) is 13.2 Å². The first-order valence-electron chi connectivity index (χ1n) is 26.3. The van der Waals surface area contributed by atoms with Crippen LogP contribution in [0.4, 0.5) is 0 Å². The zero-order chi connectivity index (χ0) is 45.6. The molecular formula is C58H98O5. The van der Waals surface area contributed by atoms with E-state index in [1.54, 1.807) is 0 Å². The highest BCUT2D eigenvalue weighted by atomic mass is 16.6. The van der Waals surface area contributed by atoms with Crippen molar-refractivity contribution < 1.29 is 24.2 Å². The molecule has 1 atom stereocenters. The predicted molar refractivity (Wildman–Crippen MR) is 274 cm³/mol. The highest BCUT2D eigenvalue weighted by Gasteiger charge is 2.16. The fraction of sp³-hybridized carbons (Fsp3) is 0.690. The fourth-order valence-electron chi connectivity index (χ4n) is 7.18. The molecule has 0 bridgehead atoms. The SMILES string of the molecule is CC/C=C\C/C=C\C/C=C\C/C=C\C/C=C\C/C=C\C/C=C\CCCCCCCCCCCCCC(=O)OC(CO)COC(=O)CCCCCCC/C=C\CCCCCCCCC. The van der Waals surface area contributed by atoms with E-state index in [9.17, 15) is 14.7 Å². The lowest BCUT2D eigenvalue weighted by atomic mass is 10.0. The Kier molecular flexibility index (Phi) is 50.5. The van der Waals surface area contributed by atoms with Gasteiger partial charge in [-0.05, 0) is 96.3 Å². The Morgan fingerprint density at radius 1 is 0.381 bits per heavy atom. The number of unbranched alkanes of at least 4 members (excludes halogenated alkanes) is 23. The summed E-state index contributed by atoms with van der Waals surface area (Å²) in [6.45, 7) is 4.02. The van der Waals surface area contributed by atoms with Gasteiger partial charge in [-0.15, -0.1) is 0 Å². The number of aliphatic hydroxyl groups excluding tert-OH is 1. The molecule has 0 aliphatic rings. The molecule has 0 saturated carbocycles. The van der Waals surface area contributed by atoms with Gasteiger partial charge in [0.2, 0.25) is 0 Å². The van der Waals surface area contributed by atoms with Crippen molar-refractivity contribution in [2.45, 2.75) is 245 Å². The van der Waals surface area contributed by atoms with Gasteiger partial charge in [0, 0.05) is 12.8 Å². The zero-order valence-electron chi connectivity index (χ0n) is 41.1. The molecule has 0 aliphatic carbocycles. The Morgan fingerprint density at radius 2 is 0.683 bits per heavy atom. The van der Waals surface area contributed by atoms with E-state index in [1.165, 1.54) is 122 Å². The monoisotopic (exact) mass is 875 g/mol.